The molecule has 72 valence electrons. The summed E-state index contributed by atoms with van der Waals surface area (Å²) in [5.74, 6) is -0.821. The number of aromatic nitrogens is 1. The first kappa shape index (κ1) is 10.1. The molecule has 1 atom stereocenters. The highest BCUT2D eigenvalue weighted by Gasteiger charge is 2.08. The second-order valence-electron chi connectivity index (χ2n) is 2.74. The number of nitrogens with zero attached hydrogens (tertiary/aromatic N) is 1. The lowest BCUT2D eigenvalue weighted by Crippen LogP contribution is -2.34. The van der Waals surface area contributed by atoms with Crippen molar-refractivity contribution in [3.63, 3.8) is 0 Å². The zero-order valence-electron chi connectivity index (χ0n) is 7.36. The van der Waals surface area contributed by atoms with Crippen molar-refractivity contribution in [1.82, 2.24) is 10.3 Å². The van der Waals surface area contributed by atoms with E-state index in [0.717, 1.165) is 12.1 Å². The maximum atomic E-state index is 10.4. The van der Waals surface area contributed by atoms with Gasteiger partial charge in [-0.15, -0.1) is 11.3 Å². The van der Waals surface area contributed by atoms with Crippen molar-refractivity contribution in [3.05, 3.63) is 16.6 Å². The lowest BCUT2D eigenvalue weighted by atomic mass is 10.3. The maximum Gasteiger partial charge on any atom is 0.320 e. The molecule has 0 aromatic carbocycles. The summed E-state index contributed by atoms with van der Waals surface area (Å²) in [5.41, 5.74) is 2.78. The van der Waals surface area contributed by atoms with Gasteiger partial charge in [0, 0.05) is 18.3 Å². The van der Waals surface area contributed by atoms with Gasteiger partial charge in [-0.25, -0.2) is 4.98 Å². The molecule has 5 heteroatoms. The van der Waals surface area contributed by atoms with E-state index in [1.807, 2.05) is 5.38 Å². The van der Waals surface area contributed by atoms with Crippen molar-refractivity contribution in [1.29, 1.82) is 0 Å². The molecule has 0 amide bonds. The Morgan fingerprint density at radius 2 is 2.62 bits per heavy atom. The van der Waals surface area contributed by atoms with Crippen LogP contribution in [0.1, 0.15) is 12.6 Å². The molecule has 13 heavy (non-hydrogen) atoms. The van der Waals surface area contributed by atoms with Crippen LogP contribution in [0.2, 0.25) is 0 Å². The van der Waals surface area contributed by atoms with E-state index in [9.17, 15) is 4.79 Å². The Kier molecular flexibility index (Phi) is 3.85. The molecule has 0 spiro atoms. The van der Waals surface area contributed by atoms with E-state index in [1.54, 1.807) is 23.8 Å². The minimum atomic E-state index is -0.821. The van der Waals surface area contributed by atoms with E-state index < -0.39 is 12.0 Å². The molecule has 1 aromatic heterocycles. The summed E-state index contributed by atoms with van der Waals surface area (Å²) in [6, 6.07) is -0.487. The molecule has 0 saturated carbocycles. The van der Waals surface area contributed by atoms with Crippen LogP contribution in [-0.4, -0.2) is 28.6 Å². The van der Waals surface area contributed by atoms with Crippen LogP contribution in [0.15, 0.2) is 10.9 Å². The first-order chi connectivity index (χ1) is 6.20. The fourth-order valence-electron chi connectivity index (χ4n) is 0.865. The summed E-state index contributed by atoms with van der Waals surface area (Å²) in [5, 5.41) is 13.4. The fourth-order valence-corrected chi connectivity index (χ4v) is 1.46. The number of hydrogen-bond donors (Lipinski definition) is 2. The third-order valence-corrected chi connectivity index (χ3v) is 2.32. The highest BCUT2D eigenvalue weighted by molar-refractivity contribution is 7.07. The molecule has 0 radical (unpaired) electrons. The number of aliphatic carboxylic acids is 1. The van der Waals surface area contributed by atoms with Crippen LogP contribution in [0.4, 0.5) is 0 Å². The molecular weight excluding hydrogens is 188 g/mol. The Morgan fingerprint density at radius 3 is 3.15 bits per heavy atom. The summed E-state index contributed by atoms with van der Waals surface area (Å²) in [6.45, 7) is 2.28. The van der Waals surface area contributed by atoms with E-state index in [0.29, 0.717) is 6.54 Å². The predicted octanol–water partition coefficient (Wildman–Crippen LogP) is 0.748. The molecule has 0 saturated heterocycles. The largest absolute Gasteiger partial charge is 0.480 e. The van der Waals surface area contributed by atoms with E-state index in [-0.39, 0.29) is 0 Å². The number of carboxylic acid groups (broad SMARTS) is 1. The van der Waals surface area contributed by atoms with Gasteiger partial charge in [0.1, 0.15) is 6.04 Å². The zero-order chi connectivity index (χ0) is 9.68. The Bertz CT molecular complexity index is 261. The summed E-state index contributed by atoms with van der Waals surface area (Å²) in [7, 11) is 0. The maximum absolute atomic E-state index is 10.4. The molecule has 4 nitrogen and oxygen atoms in total. The molecule has 1 heterocycles. The standard InChI is InChI=1S/C8H12N2O2S/c1-6(8(11)12)9-3-2-7-4-13-5-10-7/h4-6,9H,2-3H2,1H3,(H,11,12). The van der Waals surface area contributed by atoms with Crippen LogP contribution >= 0.6 is 11.3 Å². The second kappa shape index (κ2) is 4.94. The third kappa shape index (κ3) is 3.52. The van der Waals surface area contributed by atoms with Gasteiger partial charge in [-0.05, 0) is 6.92 Å². The van der Waals surface area contributed by atoms with Gasteiger partial charge >= 0.3 is 5.97 Å². The number of thiazole rings is 1. The van der Waals surface area contributed by atoms with Crippen LogP contribution < -0.4 is 5.32 Å². The molecule has 1 rings (SSSR count). The molecular formula is C8H12N2O2S. The van der Waals surface area contributed by atoms with E-state index in [4.69, 9.17) is 5.11 Å². The molecule has 2 N–H and O–H groups in total. The Morgan fingerprint density at radius 1 is 1.85 bits per heavy atom. The molecule has 0 aliphatic rings. The quantitative estimate of drug-likeness (QED) is 0.736. The smallest absolute Gasteiger partial charge is 0.320 e. The normalized spacial score (nSPS) is 12.7. The average molecular weight is 200 g/mol. The molecule has 0 fully saturated rings. The van der Waals surface area contributed by atoms with E-state index >= 15 is 0 Å². The van der Waals surface area contributed by atoms with E-state index in [2.05, 4.69) is 10.3 Å². The van der Waals surface area contributed by atoms with Gasteiger partial charge in [0.05, 0.1) is 11.2 Å². The monoisotopic (exact) mass is 200 g/mol. The molecule has 1 unspecified atom stereocenters. The summed E-state index contributed by atoms with van der Waals surface area (Å²) >= 11 is 1.55. The van der Waals surface area contributed by atoms with Gasteiger partial charge in [0.15, 0.2) is 0 Å². The molecule has 1 aromatic rings. The van der Waals surface area contributed by atoms with Gasteiger partial charge in [0.2, 0.25) is 0 Å². The van der Waals surface area contributed by atoms with Crippen LogP contribution in [0, 0.1) is 0 Å². The fraction of sp³-hybridized carbons (Fsp3) is 0.500. The third-order valence-electron chi connectivity index (χ3n) is 1.69. The highest BCUT2D eigenvalue weighted by atomic mass is 32.1. The molecule has 0 bridgehead atoms. The van der Waals surface area contributed by atoms with Crippen LogP contribution in [0.3, 0.4) is 0 Å². The van der Waals surface area contributed by atoms with Crippen molar-refractivity contribution in [2.24, 2.45) is 0 Å². The first-order valence-corrected chi connectivity index (χ1v) is 4.97. The SMILES string of the molecule is CC(NCCc1cscn1)C(=O)O. The van der Waals surface area contributed by atoms with Gasteiger partial charge in [-0.1, -0.05) is 0 Å². The summed E-state index contributed by atoms with van der Waals surface area (Å²) in [4.78, 5) is 14.5. The Balaban J connectivity index is 2.18. The molecule has 0 aliphatic heterocycles. The summed E-state index contributed by atoms with van der Waals surface area (Å²) < 4.78 is 0. The van der Waals surface area contributed by atoms with Crippen LogP contribution in [-0.2, 0) is 11.2 Å². The van der Waals surface area contributed by atoms with E-state index in [1.165, 1.54) is 0 Å². The van der Waals surface area contributed by atoms with Gasteiger partial charge in [-0.3, -0.25) is 4.79 Å². The zero-order valence-corrected chi connectivity index (χ0v) is 8.17. The second-order valence-corrected chi connectivity index (χ2v) is 3.46. The number of nitrogens with one attached hydrogen (secondary N) is 1. The predicted molar refractivity (Wildman–Crippen MR) is 50.9 cm³/mol. The van der Waals surface area contributed by atoms with Crippen molar-refractivity contribution in [3.8, 4) is 0 Å². The van der Waals surface area contributed by atoms with Crippen molar-refractivity contribution < 1.29 is 9.90 Å². The van der Waals surface area contributed by atoms with Crippen molar-refractivity contribution >= 4 is 17.3 Å². The van der Waals surface area contributed by atoms with Gasteiger partial charge < -0.3 is 10.4 Å². The first-order valence-electron chi connectivity index (χ1n) is 4.03. The number of carbonyl (C=O) groups is 1. The van der Waals surface area contributed by atoms with Crippen molar-refractivity contribution in [2.45, 2.75) is 19.4 Å². The summed E-state index contributed by atoms with van der Waals surface area (Å²) in [6.07, 6.45) is 0.779. The minimum Gasteiger partial charge on any atom is -0.480 e. The highest BCUT2D eigenvalue weighted by Crippen LogP contribution is 2.00. The minimum absolute atomic E-state index is 0.487. The van der Waals surface area contributed by atoms with Gasteiger partial charge in [-0.2, -0.15) is 0 Å². The van der Waals surface area contributed by atoms with Crippen LogP contribution in [0.25, 0.3) is 0 Å². The van der Waals surface area contributed by atoms with Crippen molar-refractivity contribution in [2.75, 3.05) is 6.54 Å². The molecule has 0 aliphatic carbocycles. The topological polar surface area (TPSA) is 62.2 Å². The lowest BCUT2D eigenvalue weighted by Gasteiger charge is -2.07. The van der Waals surface area contributed by atoms with Crippen LogP contribution in [0.5, 0.6) is 0 Å². The number of rotatable bonds is 5. The lowest BCUT2D eigenvalue weighted by molar-refractivity contribution is -0.138. The number of hydrogen-bond acceptors (Lipinski definition) is 4. The number of carboxylic acids is 1. The Hall–Kier alpha value is -0.940. The van der Waals surface area contributed by atoms with Gasteiger partial charge in [0.25, 0.3) is 0 Å². The average Bonchev–Trinajstić information content (AvgIpc) is 2.56. The Labute approximate surface area is 80.6 Å².